The highest BCUT2D eigenvalue weighted by atomic mass is 32.2. The van der Waals surface area contributed by atoms with Crippen molar-refractivity contribution >= 4 is 21.4 Å². The molecule has 0 saturated heterocycles. The van der Waals surface area contributed by atoms with E-state index in [1.54, 1.807) is 18.4 Å². The molecular weight excluding hydrogens is 320 g/mol. The van der Waals surface area contributed by atoms with Gasteiger partial charge in [-0.3, -0.25) is 0 Å². The summed E-state index contributed by atoms with van der Waals surface area (Å²) in [5.74, 6) is 0. The Morgan fingerprint density at radius 2 is 2.05 bits per heavy atom. The Balaban J connectivity index is 1.85. The van der Waals surface area contributed by atoms with Crippen molar-refractivity contribution in [1.82, 2.24) is 9.71 Å². The minimum Gasteiger partial charge on any atom is -0.378 e. The van der Waals surface area contributed by atoms with Crippen molar-refractivity contribution in [1.29, 1.82) is 0 Å². The van der Waals surface area contributed by atoms with E-state index in [-0.39, 0.29) is 11.8 Å². The SMILES string of the molecule is COCc1nc(CNS(=O)(=O)C2CC2)c(-c2ccccc2)s1. The Hall–Kier alpha value is -1.28. The molecule has 118 valence electrons. The molecule has 1 aliphatic carbocycles. The van der Waals surface area contributed by atoms with E-state index in [2.05, 4.69) is 9.71 Å². The van der Waals surface area contributed by atoms with Crippen LogP contribution in [0.5, 0.6) is 0 Å². The van der Waals surface area contributed by atoms with E-state index in [0.717, 1.165) is 34.0 Å². The average Bonchev–Trinajstić information content (AvgIpc) is 3.30. The molecular formula is C15H18N2O3S2. The molecule has 3 rings (SSSR count). The predicted molar refractivity (Wildman–Crippen MR) is 87.0 cm³/mol. The molecule has 0 unspecified atom stereocenters. The smallest absolute Gasteiger partial charge is 0.214 e. The normalized spacial score (nSPS) is 15.1. The lowest BCUT2D eigenvalue weighted by molar-refractivity contribution is 0.184. The van der Waals surface area contributed by atoms with Crippen LogP contribution in [-0.2, 0) is 27.9 Å². The second kappa shape index (κ2) is 6.45. The number of methoxy groups -OCH3 is 1. The molecule has 1 heterocycles. The zero-order chi connectivity index (χ0) is 15.6. The van der Waals surface area contributed by atoms with E-state index < -0.39 is 10.0 Å². The maximum absolute atomic E-state index is 12.0. The van der Waals surface area contributed by atoms with Crippen molar-refractivity contribution in [2.45, 2.75) is 31.2 Å². The molecule has 0 spiro atoms. The Labute approximate surface area is 134 Å². The minimum atomic E-state index is -3.20. The summed E-state index contributed by atoms with van der Waals surface area (Å²) in [4.78, 5) is 5.52. The molecule has 1 aromatic carbocycles. The summed E-state index contributed by atoms with van der Waals surface area (Å²) in [5.41, 5.74) is 1.80. The lowest BCUT2D eigenvalue weighted by atomic mass is 10.1. The molecule has 2 aromatic rings. The van der Waals surface area contributed by atoms with Crippen molar-refractivity contribution in [3.8, 4) is 10.4 Å². The van der Waals surface area contributed by atoms with E-state index in [1.165, 1.54) is 0 Å². The standard InChI is InChI=1S/C15H18N2O3S2/c1-20-10-14-17-13(9-16-22(18,19)12-7-8-12)15(21-14)11-5-3-2-4-6-11/h2-6,12,16H,7-10H2,1H3. The number of thiazole rings is 1. The van der Waals surface area contributed by atoms with Gasteiger partial charge in [0.2, 0.25) is 10.0 Å². The lowest BCUT2D eigenvalue weighted by Gasteiger charge is -2.05. The number of benzene rings is 1. The second-order valence-corrected chi connectivity index (χ2v) is 8.38. The summed E-state index contributed by atoms with van der Waals surface area (Å²) in [5, 5.41) is 0.631. The Bertz CT molecular complexity index is 737. The molecule has 0 amide bonds. The molecule has 0 radical (unpaired) electrons. The van der Waals surface area contributed by atoms with Crippen LogP contribution in [0.1, 0.15) is 23.5 Å². The highest BCUT2D eigenvalue weighted by Gasteiger charge is 2.35. The molecule has 22 heavy (non-hydrogen) atoms. The number of aromatic nitrogens is 1. The summed E-state index contributed by atoms with van der Waals surface area (Å²) in [7, 11) is -1.58. The molecule has 1 aromatic heterocycles. The Morgan fingerprint density at radius 1 is 1.32 bits per heavy atom. The fraction of sp³-hybridized carbons (Fsp3) is 0.400. The average molecular weight is 338 g/mol. The van der Waals surface area contributed by atoms with Crippen LogP contribution in [0.15, 0.2) is 30.3 Å². The number of ether oxygens (including phenoxy) is 1. The van der Waals surface area contributed by atoms with Crippen LogP contribution in [-0.4, -0.2) is 25.8 Å². The molecule has 5 nitrogen and oxygen atoms in total. The fourth-order valence-corrected chi connectivity index (χ4v) is 4.57. The van der Waals surface area contributed by atoms with Gasteiger partial charge in [0, 0.05) is 7.11 Å². The first-order valence-corrected chi connectivity index (χ1v) is 9.48. The third-order valence-electron chi connectivity index (χ3n) is 3.45. The van der Waals surface area contributed by atoms with Gasteiger partial charge >= 0.3 is 0 Å². The van der Waals surface area contributed by atoms with Gasteiger partial charge in [-0.2, -0.15) is 0 Å². The van der Waals surface area contributed by atoms with Crippen LogP contribution >= 0.6 is 11.3 Å². The summed E-state index contributed by atoms with van der Waals surface area (Å²) in [6.45, 7) is 0.656. The monoisotopic (exact) mass is 338 g/mol. The maximum Gasteiger partial charge on any atom is 0.214 e. The first-order valence-electron chi connectivity index (χ1n) is 7.11. The van der Waals surface area contributed by atoms with E-state index in [1.807, 2.05) is 30.3 Å². The molecule has 0 bridgehead atoms. The number of rotatable bonds is 7. The first kappa shape index (κ1) is 15.6. The summed E-state index contributed by atoms with van der Waals surface area (Å²) >= 11 is 1.54. The number of hydrogen-bond donors (Lipinski definition) is 1. The van der Waals surface area contributed by atoms with Gasteiger partial charge in [0.1, 0.15) is 5.01 Å². The van der Waals surface area contributed by atoms with Crippen molar-refractivity contribution in [3.05, 3.63) is 41.0 Å². The second-order valence-electron chi connectivity index (χ2n) is 5.25. The number of sulfonamides is 1. The molecule has 7 heteroatoms. The van der Waals surface area contributed by atoms with Crippen LogP contribution in [0.3, 0.4) is 0 Å². The fourth-order valence-electron chi connectivity index (χ4n) is 2.19. The first-order chi connectivity index (χ1) is 10.6. The van der Waals surface area contributed by atoms with Gasteiger partial charge in [-0.15, -0.1) is 11.3 Å². The molecule has 0 atom stereocenters. The van der Waals surface area contributed by atoms with E-state index in [0.29, 0.717) is 6.61 Å². The lowest BCUT2D eigenvalue weighted by Crippen LogP contribution is -2.27. The van der Waals surface area contributed by atoms with Crippen molar-refractivity contribution in [2.75, 3.05) is 7.11 Å². The van der Waals surface area contributed by atoms with Gasteiger partial charge in [-0.1, -0.05) is 30.3 Å². The van der Waals surface area contributed by atoms with Crippen LogP contribution in [0.2, 0.25) is 0 Å². The molecule has 1 fully saturated rings. The van der Waals surface area contributed by atoms with Crippen LogP contribution in [0.4, 0.5) is 0 Å². The van der Waals surface area contributed by atoms with Gasteiger partial charge in [-0.05, 0) is 18.4 Å². The Kier molecular flexibility index (Phi) is 4.58. The zero-order valence-electron chi connectivity index (χ0n) is 12.3. The number of hydrogen-bond acceptors (Lipinski definition) is 5. The molecule has 0 aliphatic heterocycles. The maximum atomic E-state index is 12.0. The highest BCUT2D eigenvalue weighted by Crippen LogP contribution is 2.32. The molecule has 1 saturated carbocycles. The van der Waals surface area contributed by atoms with Gasteiger partial charge in [-0.25, -0.2) is 18.1 Å². The van der Waals surface area contributed by atoms with Crippen LogP contribution in [0, 0.1) is 0 Å². The van der Waals surface area contributed by atoms with Crippen molar-refractivity contribution in [3.63, 3.8) is 0 Å². The minimum absolute atomic E-state index is 0.218. The van der Waals surface area contributed by atoms with E-state index in [9.17, 15) is 8.42 Å². The quantitative estimate of drug-likeness (QED) is 0.842. The van der Waals surface area contributed by atoms with Crippen molar-refractivity contribution in [2.24, 2.45) is 0 Å². The molecule has 1 N–H and O–H groups in total. The summed E-state index contributed by atoms with van der Waals surface area (Å²) < 4.78 is 31.8. The van der Waals surface area contributed by atoms with Crippen LogP contribution in [0.25, 0.3) is 10.4 Å². The zero-order valence-corrected chi connectivity index (χ0v) is 13.9. The van der Waals surface area contributed by atoms with Gasteiger partial charge in [0.15, 0.2) is 0 Å². The number of nitrogens with one attached hydrogen (secondary N) is 1. The third-order valence-corrected chi connectivity index (χ3v) is 6.47. The third kappa shape index (κ3) is 3.55. The van der Waals surface area contributed by atoms with Crippen molar-refractivity contribution < 1.29 is 13.2 Å². The van der Waals surface area contributed by atoms with E-state index >= 15 is 0 Å². The van der Waals surface area contributed by atoms with E-state index in [4.69, 9.17) is 4.74 Å². The molecule has 1 aliphatic rings. The Morgan fingerprint density at radius 3 is 2.68 bits per heavy atom. The highest BCUT2D eigenvalue weighted by molar-refractivity contribution is 7.90. The van der Waals surface area contributed by atoms with Crippen LogP contribution < -0.4 is 4.72 Å². The largest absolute Gasteiger partial charge is 0.378 e. The van der Waals surface area contributed by atoms with Gasteiger partial charge < -0.3 is 4.74 Å². The number of nitrogens with zero attached hydrogens (tertiary/aromatic N) is 1. The predicted octanol–water partition coefficient (Wildman–Crippen LogP) is 2.54. The van der Waals surface area contributed by atoms with Gasteiger partial charge in [0.05, 0.1) is 29.0 Å². The topological polar surface area (TPSA) is 68.3 Å². The van der Waals surface area contributed by atoms with Gasteiger partial charge in [0.25, 0.3) is 0 Å². The summed E-state index contributed by atoms with van der Waals surface area (Å²) in [6, 6.07) is 9.88. The summed E-state index contributed by atoms with van der Waals surface area (Å²) in [6.07, 6.45) is 1.51.